The SMILES string of the molecule is CN=C(NCc1ccc(-n2nc(C)cc2C)nc1)NC1CCN(c2cccc(Cl)c2)C1.I. The van der Waals surface area contributed by atoms with E-state index in [2.05, 4.69) is 42.7 Å². The topological polar surface area (TPSA) is 70.4 Å². The van der Waals surface area contributed by atoms with Gasteiger partial charge in [-0.3, -0.25) is 4.99 Å². The molecule has 1 aromatic carbocycles. The van der Waals surface area contributed by atoms with Crippen LogP contribution in [0.5, 0.6) is 0 Å². The summed E-state index contributed by atoms with van der Waals surface area (Å²) in [5, 5.41) is 12.2. The first-order valence-corrected chi connectivity index (χ1v) is 10.9. The highest BCUT2D eigenvalue weighted by molar-refractivity contribution is 14.0. The van der Waals surface area contributed by atoms with Crippen LogP contribution in [0.1, 0.15) is 23.4 Å². The summed E-state index contributed by atoms with van der Waals surface area (Å²) in [4.78, 5) is 11.3. The fourth-order valence-electron chi connectivity index (χ4n) is 3.87. The van der Waals surface area contributed by atoms with Gasteiger partial charge in [0.15, 0.2) is 11.8 Å². The summed E-state index contributed by atoms with van der Waals surface area (Å²) in [5.74, 6) is 1.62. The van der Waals surface area contributed by atoms with E-state index in [-0.39, 0.29) is 24.0 Å². The Morgan fingerprint density at radius 2 is 2.06 bits per heavy atom. The maximum absolute atomic E-state index is 6.14. The molecular weight excluding hydrogens is 537 g/mol. The number of pyridine rings is 1. The summed E-state index contributed by atoms with van der Waals surface area (Å²) in [6.45, 7) is 6.57. The zero-order chi connectivity index (χ0) is 21.8. The summed E-state index contributed by atoms with van der Waals surface area (Å²) < 4.78 is 1.86. The Bertz CT molecular complexity index is 1060. The maximum Gasteiger partial charge on any atom is 0.191 e. The highest BCUT2D eigenvalue weighted by atomic mass is 127. The van der Waals surface area contributed by atoms with Crippen LogP contribution >= 0.6 is 35.6 Å². The van der Waals surface area contributed by atoms with Crippen LogP contribution in [0.4, 0.5) is 5.69 Å². The van der Waals surface area contributed by atoms with Crippen LogP contribution in [0.2, 0.25) is 5.02 Å². The van der Waals surface area contributed by atoms with Gasteiger partial charge in [-0.25, -0.2) is 9.67 Å². The molecule has 0 saturated carbocycles. The molecule has 1 aliphatic rings. The minimum Gasteiger partial charge on any atom is -0.369 e. The maximum atomic E-state index is 6.14. The van der Waals surface area contributed by atoms with E-state index < -0.39 is 0 Å². The van der Waals surface area contributed by atoms with Gasteiger partial charge in [-0.1, -0.05) is 23.7 Å². The lowest BCUT2D eigenvalue weighted by molar-refractivity contribution is 0.648. The van der Waals surface area contributed by atoms with Crippen molar-refractivity contribution < 1.29 is 0 Å². The van der Waals surface area contributed by atoms with Crippen molar-refractivity contribution in [1.29, 1.82) is 0 Å². The van der Waals surface area contributed by atoms with E-state index in [0.29, 0.717) is 12.6 Å². The van der Waals surface area contributed by atoms with Crippen molar-refractivity contribution in [3.05, 3.63) is 70.6 Å². The number of aliphatic imine (C=N–C) groups is 1. The molecule has 3 heterocycles. The molecule has 1 fully saturated rings. The van der Waals surface area contributed by atoms with Crippen LogP contribution in [-0.2, 0) is 6.54 Å². The van der Waals surface area contributed by atoms with Gasteiger partial charge < -0.3 is 15.5 Å². The lowest BCUT2D eigenvalue weighted by Gasteiger charge is -2.20. The van der Waals surface area contributed by atoms with Crippen molar-refractivity contribution in [2.75, 3.05) is 25.0 Å². The quantitative estimate of drug-likeness (QED) is 0.277. The highest BCUT2D eigenvalue weighted by Crippen LogP contribution is 2.23. The van der Waals surface area contributed by atoms with Crippen LogP contribution in [0, 0.1) is 13.8 Å². The van der Waals surface area contributed by atoms with Crippen molar-refractivity contribution in [3.8, 4) is 5.82 Å². The third-order valence-electron chi connectivity index (χ3n) is 5.42. The molecule has 0 spiro atoms. The molecule has 170 valence electrons. The van der Waals surface area contributed by atoms with Gasteiger partial charge in [0.05, 0.1) is 5.69 Å². The average molecular weight is 566 g/mol. The first kappa shape index (κ1) is 24.3. The molecule has 2 aromatic heterocycles. The number of nitrogens with one attached hydrogen (secondary N) is 2. The van der Waals surface area contributed by atoms with Gasteiger partial charge in [-0.2, -0.15) is 5.10 Å². The van der Waals surface area contributed by atoms with E-state index in [1.807, 2.05) is 55.1 Å². The van der Waals surface area contributed by atoms with Crippen LogP contribution < -0.4 is 15.5 Å². The Kier molecular flexibility index (Phi) is 8.36. The molecule has 7 nitrogen and oxygen atoms in total. The fourth-order valence-corrected chi connectivity index (χ4v) is 4.05. The monoisotopic (exact) mass is 565 g/mol. The predicted molar refractivity (Wildman–Crippen MR) is 142 cm³/mol. The largest absolute Gasteiger partial charge is 0.369 e. The van der Waals surface area contributed by atoms with Gasteiger partial charge in [0, 0.05) is 55.3 Å². The number of rotatable bonds is 5. The number of benzene rings is 1. The summed E-state index contributed by atoms with van der Waals surface area (Å²) in [6.07, 6.45) is 2.93. The normalized spacial score (nSPS) is 16.1. The summed E-state index contributed by atoms with van der Waals surface area (Å²) in [7, 11) is 1.79. The minimum atomic E-state index is 0. The van der Waals surface area contributed by atoms with Crippen molar-refractivity contribution in [2.45, 2.75) is 32.9 Å². The van der Waals surface area contributed by atoms with Crippen LogP contribution in [-0.4, -0.2) is 46.9 Å². The molecule has 0 radical (unpaired) electrons. The smallest absolute Gasteiger partial charge is 0.191 e. The van der Waals surface area contributed by atoms with E-state index in [0.717, 1.165) is 58.9 Å². The number of halogens is 2. The van der Waals surface area contributed by atoms with E-state index in [1.165, 1.54) is 0 Å². The molecule has 32 heavy (non-hydrogen) atoms. The summed E-state index contributed by atoms with van der Waals surface area (Å²) in [6, 6.07) is 14.4. The third-order valence-corrected chi connectivity index (χ3v) is 5.66. The molecule has 2 N–H and O–H groups in total. The van der Waals surface area contributed by atoms with Gasteiger partial charge in [0.1, 0.15) is 0 Å². The second-order valence-corrected chi connectivity index (χ2v) is 8.28. The third kappa shape index (κ3) is 5.92. The fraction of sp³-hybridized carbons (Fsp3) is 0.348. The van der Waals surface area contributed by atoms with Gasteiger partial charge in [0.25, 0.3) is 0 Å². The number of aryl methyl sites for hydroxylation is 2. The number of anilines is 1. The first-order chi connectivity index (χ1) is 15.0. The zero-order valence-corrected chi connectivity index (χ0v) is 21.6. The second-order valence-electron chi connectivity index (χ2n) is 7.85. The second kappa shape index (κ2) is 11.0. The van der Waals surface area contributed by atoms with Gasteiger partial charge in [-0.15, -0.1) is 24.0 Å². The summed E-state index contributed by atoms with van der Waals surface area (Å²) >= 11 is 6.14. The Morgan fingerprint density at radius 1 is 1.22 bits per heavy atom. The van der Waals surface area contributed by atoms with Crippen LogP contribution in [0.25, 0.3) is 5.82 Å². The highest BCUT2D eigenvalue weighted by Gasteiger charge is 2.23. The molecule has 1 aliphatic heterocycles. The summed E-state index contributed by atoms with van der Waals surface area (Å²) in [5.41, 5.74) is 4.30. The lowest BCUT2D eigenvalue weighted by atomic mass is 10.2. The van der Waals surface area contributed by atoms with Crippen molar-refractivity contribution >= 4 is 47.2 Å². The van der Waals surface area contributed by atoms with E-state index in [9.17, 15) is 0 Å². The molecule has 1 atom stereocenters. The van der Waals surface area contributed by atoms with Crippen LogP contribution in [0.15, 0.2) is 53.7 Å². The number of nitrogens with zero attached hydrogens (tertiary/aromatic N) is 5. The van der Waals surface area contributed by atoms with Crippen molar-refractivity contribution in [2.24, 2.45) is 4.99 Å². The molecule has 3 aromatic rings. The number of aromatic nitrogens is 3. The lowest BCUT2D eigenvalue weighted by Crippen LogP contribution is -2.44. The van der Waals surface area contributed by atoms with Gasteiger partial charge in [-0.05, 0) is 56.2 Å². The number of hydrogen-bond donors (Lipinski definition) is 2. The Labute approximate surface area is 211 Å². The molecule has 0 bridgehead atoms. The molecule has 1 unspecified atom stereocenters. The van der Waals surface area contributed by atoms with Gasteiger partial charge >= 0.3 is 0 Å². The van der Waals surface area contributed by atoms with E-state index >= 15 is 0 Å². The molecule has 1 saturated heterocycles. The molecule has 0 amide bonds. The minimum absolute atomic E-state index is 0. The van der Waals surface area contributed by atoms with E-state index in [4.69, 9.17) is 11.6 Å². The first-order valence-electron chi connectivity index (χ1n) is 10.5. The van der Waals surface area contributed by atoms with Crippen molar-refractivity contribution in [1.82, 2.24) is 25.4 Å². The zero-order valence-electron chi connectivity index (χ0n) is 18.5. The van der Waals surface area contributed by atoms with Gasteiger partial charge in [0.2, 0.25) is 0 Å². The molecule has 4 rings (SSSR count). The molecule has 0 aliphatic carbocycles. The van der Waals surface area contributed by atoms with Crippen molar-refractivity contribution in [3.63, 3.8) is 0 Å². The Hall–Kier alpha value is -2.33. The number of guanidine groups is 1. The van der Waals surface area contributed by atoms with Crippen LogP contribution in [0.3, 0.4) is 0 Å². The Morgan fingerprint density at radius 3 is 2.72 bits per heavy atom. The Balaban J connectivity index is 0.00000289. The van der Waals surface area contributed by atoms with E-state index in [1.54, 1.807) is 7.05 Å². The number of hydrogen-bond acceptors (Lipinski definition) is 4. The molecular formula is C23H29ClIN7. The standard InChI is InChI=1S/C23H28ClN7.HI/c1-16-11-17(2)31(29-16)22-8-7-18(13-26-22)14-27-23(25-3)28-20-9-10-30(15-20)21-6-4-5-19(24)12-21;/h4-8,11-13,20H,9-10,14-15H2,1-3H3,(H2,25,27,28);1H. The predicted octanol–water partition coefficient (Wildman–Crippen LogP) is 4.10. The average Bonchev–Trinajstić information content (AvgIpc) is 3.37. The molecule has 9 heteroatoms.